The minimum Gasteiger partial charge on any atom is -0.411 e. The van der Waals surface area contributed by atoms with Gasteiger partial charge >= 0.3 is 0 Å². The molecule has 0 aliphatic carbocycles. The number of aromatic nitrogens is 1. The molecule has 1 N–H and O–H groups in total. The molecule has 0 radical (unpaired) electrons. The first-order valence-corrected chi connectivity index (χ1v) is 4.99. The van der Waals surface area contributed by atoms with E-state index >= 15 is 0 Å². The van der Waals surface area contributed by atoms with Gasteiger partial charge in [-0.3, -0.25) is 4.98 Å². The highest BCUT2D eigenvalue weighted by Crippen LogP contribution is 2.09. The fourth-order valence-corrected chi connectivity index (χ4v) is 1.42. The van der Waals surface area contributed by atoms with Gasteiger partial charge in [-0.25, -0.2) is 0 Å². The number of pyridine rings is 1. The molecule has 0 saturated heterocycles. The summed E-state index contributed by atoms with van der Waals surface area (Å²) in [5, 5.41) is 12.0. The number of hydrogen-bond donors (Lipinski definition) is 1. The Morgan fingerprint density at radius 1 is 1.60 bits per heavy atom. The number of oxime groups is 1. The van der Waals surface area contributed by atoms with Crippen molar-refractivity contribution in [2.75, 3.05) is 0 Å². The third kappa shape index (κ3) is 3.20. The topological polar surface area (TPSA) is 45.5 Å². The number of rotatable bonds is 3. The van der Waals surface area contributed by atoms with Gasteiger partial charge in [0, 0.05) is 11.9 Å². The molecule has 0 saturated carbocycles. The second-order valence-electron chi connectivity index (χ2n) is 3.46. The largest absolute Gasteiger partial charge is 0.411 e. The van der Waals surface area contributed by atoms with E-state index in [4.69, 9.17) is 5.21 Å². The molecular formula is C12H16N2O. The normalized spacial score (nSPS) is 13.0. The lowest BCUT2D eigenvalue weighted by molar-refractivity contribution is 0.318. The average Bonchev–Trinajstić information content (AvgIpc) is 2.19. The van der Waals surface area contributed by atoms with Gasteiger partial charge in [0.25, 0.3) is 0 Å². The molecule has 0 fully saturated rings. The van der Waals surface area contributed by atoms with Gasteiger partial charge in [0.15, 0.2) is 0 Å². The van der Waals surface area contributed by atoms with Crippen molar-refractivity contribution < 1.29 is 5.21 Å². The van der Waals surface area contributed by atoms with Crippen LogP contribution in [0.25, 0.3) is 6.08 Å². The van der Waals surface area contributed by atoms with Gasteiger partial charge in [0.05, 0.1) is 5.71 Å². The fourth-order valence-electron chi connectivity index (χ4n) is 1.42. The lowest BCUT2D eigenvalue weighted by Crippen LogP contribution is -1.97. The molecule has 0 aliphatic rings. The molecule has 15 heavy (non-hydrogen) atoms. The van der Waals surface area contributed by atoms with E-state index in [1.165, 1.54) is 0 Å². The minimum atomic E-state index is 0.712. The highest BCUT2D eigenvalue weighted by molar-refractivity contribution is 6.02. The van der Waals surface area contributed by atoms with Crippen LogP contribution < -0.4 is 0 Å². The smallest absolute Gasteiger partial charge is 0.0822 e. The van der Waals surface area contributed by atoms with E-state index in [9.17, 15) is 0 Å². The summed E-state index contributed by atoms with van der Waals surface area (Å²) >= 11 is 0. The molecule has 0 atom stereocenters. The van der Waals surface area contributed by atoms with Crippen LogP contribution in [-0.4, -0.2) is 15.9 Å². The summed E-state index contributed by atoms with van der Waals surface area (Å²) in [7, 11) is 0. The van der Waals surface area contributed by atoms with Crippen molar-refractivity contribution >= 4 is 11.8 Å². The first kappa shape index (κ1) is 11.4. The number of nitrogens with zero attached hydrogens (tertiary/aromatic N) is 2. The summed E-state index contributed by atoms with van der Waals surface area (Å²) in [6, 6.07) is 3.93. The molecule has 0 spiro atoms. The van der Waals surface area contributed by atoms with Crippen LogP contribution in [0.2, 0.25) is 0 Å². The van der Waals surface area contributed by atoms with Gasteiger partial charge in [0.2, 0.25) is 0 Å². The lowest BCUT2D eigenvalue weighted by Gasteiger charge is -2.02. The van der Waals surface area contributed by atoms with Gasteiger partial charge < -0.3 is 5.21 Å². The van der Waals surface area contributed by atoms with Crippen LogP contribution >= 0.6 is 0 Å². The molecular weight excluding hydrogens is 188 g/mol. The molecule has 1 rings (SSSR count). The Hall–Kier alpha value is -1.64. The molecule has 3 nitrogen and oxygen atoms in total. The van der Waals surface area contributed by atoms with E-state index in [1.807, 2.05) is 39.0 Å². The zero-order valence-corrected chi connectivity index (χ0v) is 9.36. The Bertz CT molecular complexity index is 394. The first-order valence-electron chi connectivity index (χ1n) is 4.99. The maximum absolute atomic E-state index is 8.76. The van der Waals surface area contributed by atoms with Crippen LogP contribution in [0.1, 0.15) is 31.5 Å². The summed E-state index contributed by atoms with van der Waals surface area (Å²) in [5.74, 6) is 0. The van der Waals surface area contributed by atoms with E-state index in [0.29, 0.717) is 5.71 Å². The summed E-state index contributed by atoms with van der Waals surface area (Å²) in [6.07, 6.45) is 4.49. The Morgan fingerprint density at radius 3 is 2.87 bits per heavy atom. The predicted octanol–water partition coefficient (Wildman–Crippen LogP) is 3.03. The molecule has 0 unspecified atom stereocenters. The zero-order chi connectivity index (χ0) is 11.3. The maximum Gasteiger partial charge on any atom is 0.0822 e. The van der Waals surface area contributed by atoms with Crippen LogP contribution in [0.5, 0.6) is 0 Å². The van der Waals surface area contributed by atoms with Crippen LogP contribution in [0.4, 0.5) is 0 Å². The summed E-state index contributed by atoms with van der Waals surface area (Å²) in [6.45, 7) is 5.85. The fraction of sp³-hybridized carbons (Fsp3) is 0.333. The molecule has 80 valence electrons. The van der Waals surface area contributed by atoms with Crippen LogP contribution in [-0.2, 0) is 0 Å². The van der Waals surface area contributed by atoms with E-state index in [-0.39, 0.29) is 0 Å². The van der Waals surface area contributed by atoms with E-state index in [0.717, 1.165) is 23.3 Å². The van der Waals surface area contributed by atoms with Crippen molar-refractivity contribution in [1.29, 1.82) is 0 Å². The quantitative estimate of drug-likeness (QED) is 0.467. The van der Waals surface area contributed by atoms with Crippen molar-refractivity contribution in [1.82, 2.24) is 4.98 Å². The summed E-state index contributed by atoms with van der Waals surface area (Å²) in [4.78, 5) is 4.12. The predicted molar refractivity (Wildman–Crippen MR) is 62.1 cm³/mol. The molecule has 0 amide bonds. The SMILES string of the molecule is CCC(=N\O)/C(C)=C/c1ccnc(C)c1. The van der Waals surface area contributed by atoms with Crippen LogP contribution in [0.15, 0.2) is 29.1 Å². The summed E-state index contributed by atoms with van der Waals surface area (Å²) < 4.78 is 0. The molecule has 1 heterocycles. The molecule has 1 aromatic heterocycles. The molecule has 0 aromatic carbocycles. The number of allylic oxidation sites excluding steroid dienone is 1. The van der Waals surface area contributed by atoms with Crippen LogP contribution in [0.3, 0.4) is 0 Å². The lowest BCUT2D eigenvalue weighted by atomic mass is 10.1. The molecule has 0 aliphatic heterocycles. The Kier molecular flexibility index (Phi) is 4.03. The number of aryl methyl sites for hydroxylation is 1. The van der Waals surface area contributed by atoms with Crippen LogP contribution in [0, 0.1) is 6.92 Å². The molecule has 0 bridgehead atoms. The standard InChI is InChI=1S/C12H16N2O/c1-4-12(14-15)9(2)7-11-5-6-13-10(3)8-11/h5-8,15H,4H2,1-3H3/b9-7+,14-12+. The first-order chi connectivity index (χ1) is 7.17. The number of hydrogen-bond acceptors (Lipinski definition) is 3. The second-order valence-corrected chi connectivity index (χ2v) is 3.46. The summed E-state index contributed by atoms with van der Waals surface area (Å²) in [5.41, 5.74) is 3.75. The van der Waals surface area contributed by atoms with Crippen molar-refractivity contribution in [2.24, 2.45) is 5.16 Å². The zero-order valence-electron chi connectivity index (χ0n) is 9.36. The third-order valence-corrected chi connectivity index (χ3v) is 2.21. The van der Waals surface area contributed by atoms with Gasteiger partial charge in [-0.05, 0) is 49.6 Å². The monoisotopic (exact) mass is 204 g/mol. The average molecular weight is 204 g/mol. The molecule has 1 aromatic rings. The van der Waals surface area contributed by atoms with E-state index < -0.39 is 0 Å². The van der Waals surface area contributed by atoms with Gasteiger partial charge in [0.1, 0.15) is 0 Å². The van der Waals surface area contributed by atoms with Gasteiger partial charge in [-0.1, -0.05) is 12.1 Å². The van der Waals surface area contributed by atoms with Crippen molar-refractivity contribution in [3.05, 3.63) is 35.2 Å². The van der Waals surface area contributed by atoms with E-state index in [2.05, 4.69) is 10.1 Å². The van der Waals surface area contributed by atoms with Crippen molar-refractivity contribution in [2.45, 2.75) is 27.2 Å². The van der Waals surface area contributed by atoms with E-state index in [1.54, 1.807) is 6.20 Å². The van der Waals surface area contributed by atoms with Crippen molar-refractivity contribution in [3.63, 3.8) is 0 Å². The van der Waals surface area contributed by atoms with Crippen molar-refractivity contribution in [3.8, 4) is 0 Å². The Labute approximate surface area is 90.2 Å². The highest BCUT2D eigenvalue weighted by Gasteiger charge is 2.00. The second kappa shape index (κ2) is 5.29. The molecule has 3 heteroatoms. The highest BCUT2D eigenvalue weighted by atomic mass is 16.4. The Balaban J connectivity index is 2.97. The van der Waals surface area contributed by atoms with Gasteiger partial charge in [-0.15, -0.1) is 0 Å². The van der Waals surface area contributed by atoms with Gasteiger partial charge in [-0.2, -0.15) is 0 Å². The third-order valence-electron chi connectivity index (χ3n) is 2.21. The Morgan fingerprint density at radius 2 is 2.33 bits per heavy atom. The minimum absolute atomic E-state index is 0.712. The maximum atomic E-state index is 8.76.